The molecule has 0 saturated carbocycles. The SMILES string of the molecule is CCOC(=O)c1c(NC(=O)c2cc(-c3cccc(O)c3)on2)sc2c1CCCC2. The Morgan fingerprint density at radius 1 is 1.28 bits per heavy atom. The second kappa shape index (κ2) is 8.08. The number of anilines is 1. The van der Waals surface area contributed by atoms with E-state index in [9.17, 15) is 14.7 Å². The Balaban J connectivity index is 1.60. The molecular formula is C21H20N2O5S. The van der Waals surface area contributed by atoms with E-state index in [1.54, 1.807) is 25.1 Å². The smallest absolute Gasteiger partial charge is 0.341 e. The highest BCUT2D eigenvalue weighted by atomic mass is 32.1. The number of ether oxygens (including phenoxy) is 1. The number of phenols is 1. The van der Waals surface area contributed by atoms with Crippen molar-refractivity contribution in [2.75, 3.05) is 11.9 Å². The molecule has 7 nitrogen and oxygen atoms in total. The van der Waals surface area contributed by atoms with Crippen LogP contribution in [0.15, 0.2) is 34.9 Å². The van der Waals surface area contributed by atoms with Crippen molar-refractivity contribution in [2.45, 2.75) is 32.6 Å². The van der Waals surface area contributed by atoms with Crippen LogP contribution in [0, 0.1) is 0 Å². The molecule has 0 spiro atoms. The van der Waals surface area contributed by atoms with Gasteiger partial charge in [-0.1, -0.05) is 17.3 Å². The molecule has 0 saturated heterocycles. The summed E-state index contributed by atoms with van der Waals surface area (Å²) in [5.74, 6) is -0.428. The third-order valence-electron chi connectivity index (χ3n) is 4.75. The van der Waals surface area contributed by atoms with Crippen molar-refractivity contribution in [2.24, 2.45) is 0 Å². The lowest BCUT2D eigenvalue weighted by Crippen LogP contribution is -2.16. The average Bonchev–Trinajstić information content (AvgIpc) is 3.33. The van der Waals surface area contributed by atoms with Gasteiger partial charge >= 0.3 is 5.97 Å². The molecular weight excluding hydrogens is 392 g/mol. The highest BCUT2D eigenvalue weighted by Gasteiger charge is 2.28. The van der Waals surface area contributed by atoms with Gasteiger partial charge in [0.2, 0.25) is 0 Å². The van der Waals surface area contributed by atoms with Crippen LogP contribution < -0.4 is 5.32 Å². The highest BCUT2D eigenvalue weighted by molar-refractivity contribution is 7.17. The van der Waals surface area contributed by atoms with E-state index in [-0.39, 0.29) is 18.1 Å². The van der Waals surface area contributed by atoms with Crippen molar-refractivity contribution in [3.63, 3.8) is 0 Å². The first-order valence-electron chi connectivity index (χ1n) is 9.46. The zero-order chi connectivity index (χ0) is 20.4. The number of benzene rings is 1. The molecule has 3 aromatic rings. The van der Waals surface area contributed by atoms with Crippen LogP contribution in [-0.2, 0) is 17.6 Å². The van der Waals surface area contributed by atoms with Gasteiger partial charge in [-0.2, -0.15) is 0 Å². The molecule has 0 bridgehead atoms. The molecule has 1 aliphatic carbocycles. The minimum atomic E-state index is -0.468. The van der Waals surface area contributed by atoms with Crippen molar-refractivity contribution in [1.29, 1.82) is 0 Å². The van der Waals surface area contributed by atoms with Gasteiger partial charge in [-0.3, -0.25) is 4.79 Å². The number of hydrogen-bond acceptors (Lipinski definition) is 7. The maximum Gasteiger partial charge on any atom is 0.341 e. The number of rotatable bonds is 5. The largest absolute Gasteiger partial charge is 0.508 e. The summed E-state index contributed by atoms with van der Waals surface area (Å²) in [7, 11) is 0. The van der Waals surface area contributed by atoms with Gasteiger partial charge in [0, 0.05) is 16.5 Å². The molecule has 1 aliphatic rings. The van der Waals surface area contributed by atoms with Crippen LogP contribution in [-0.4, -0.2) is 28.7 Å². The number of carbonyl (C=O) groups is 2. The van der Waals surface area contributed by atoms with Gasteiger partial charge in [0.15, 0.2) is 11.5 Å². The van der Waals surface area contributed by atoms with E-state index in [1.165, 1.54) is 23.5 Å². The molecule has 0 atom stereocenters. The Labute approximate surface area is 171 Å². The lowest BCUT2D eigenvalue weighted by Gasteiger charge is -2.12. The van der Waals surface area contributed by atoms with Crippen LogP contribution in [0.3, 0.4) is 0 Å². The second-order valence-electron chi connectivity index (χ2n) is 6.72. The standard InChI is InChI=1S/C21H20N2O5S/c1-2-27-21(26)18-14-8-3-4-9-17(14)29-20(18)22-19(25)15-11-16(28-23-15)12-6-5-7-13(24)10-12/h5-7,10-11,24H,2-4,8-9H2,1H3,(H,22,25). The van der Waals surface area contributed by atoms with Crippen LogP contribution >= 0.6 is 11.3 Å². The number of nitrogens with zero attached hydrogens (tertiary/aromatic N) is 1. The van der Waals surface area contributed by atoms with Crippen molar-refractivity contribution < 1.29 is 24.0 Å². The van der Waals surface area contributed by atoms with E-state index in [0.29, 0.717) is 21.9 Å². The molecule has 0 fully saturated rings. The predicted molar refractivity (Wildman–Crippen MR) is 108 cm³/mol. The van der Waals surface area contributed by atoms with Gasteiger partial charge in [0.05, 0.1) is 12.2 Å². The molecule has 2 N–H and O–H groups in total. The fourth-order valence-corrected chi connectivity index (χ4v) is 4.69. The first-order valence-corrected chi connectivity index (χ1v) is 10.3. The van der Waals surface area contributed by atoms with Crippen molar-refractivity contribution in [3.05, 3.63) is 52.0 Å². The van der Waals surface area contributed by atoms with Gasteiger partial charge in [-0.25, -0.2) is 4.79 Å². The third-order valence-corrected chi connectivity index (χ3v) is 5.96. The van der Waals surface area contributed by atoms with Gasteiger partial charge in [0.1, 0.15) is 10.8 Å². The van der Waals surface area contributed by atoms with Crippen LogP contribution in [0.1, 0.15) is 51.1 Å². The van der Waals surface area contributed by atoms with Gasteiger partial charge < -0.3 is 19.7 Å². The van der Waals surface area contributed by atoms with Gasteiger partial charge in [-0.15, -0.1) is 11.3 Å². The van der Waals surface area contributed by atoms with Gasteiger partial charge in [-0.05, 0) is 50.3 Å². The van der Waals surface area contributed by atoms with E-state index in [2.05, 4.69) is 10.5 Å². The van der Waals surface area contributed by atoms with E-state index < -0.39 is 11.9 Å². The summed E-state index contributed by atoms with van der Waals surface area (Å²) in [5.41, 5.74) is 2.13. The molecule has 0 aliphatic heterocycles. The summed E-state index contributed by atoms with van der Waals surface area (Å²) in [6.45, 7) is 2.03. The maximum absolute atomic E-state index is 12.7. The van der Waals surface area contributed by atoms with Gasteiger partial charge in [0.25, 0.3) is 5.91 Å². The zero-order valence-corrected chi connectivity index (χ0v) is 16.7. The number of fused-ring (bicyclic) bond motifs is 1. The average molecular weight is 412 g/mol. The zero-order valence-electron chi connectivity index (χ0n) is 15.9. The first-order chi connectivity index (χ1) is 14.1. The lowest BCUT2D eigenvalue weighted by molar-refractivity contribution is 0.0526. The Kier molecular flexibility index (Phi) is 5.35. The Morgan fingerprint density at radius 3 is 2.90 bits per heavy atom. The van der Waals surface area contributed by atoms with Crippen molar-refractivity contribution >= 4 is 28.2 Å². The molecule has 29 heavy (non-hydrogen) atoms. The number of aromatic nitrogens is 1. The predicted octanol–water partition coefficient (Wildman–Crippen LogP) is 4.42. The highest BCUT2D eigenvalue weighted by Crippen LogP contribution is 2.39. The molecule has 1 amide bonds. The Morgan fingerprint density at radius 2 is 2.10 bits per heavy atom. The minimum absolute atomic E-state index is 0.0875. The summed E-state index contributed by atoms with van der Waals surface area (Å²) in [4.78, 5) is 26.4. The summed E-state index contributed by atoms with van der Waals surface area (Å²) in [6, 6.07) is 7.99. The van der Waals surface area contributed by atoms with Crippen LogP contribution in [0.5, 0.6) is 5.75 Å². The number of amides is 1. The maximum atomic E-state index is 12.7. The minimum Gasteiger partial charge on any atom is -0.508 e. The number of aryl methyl sites for hydroxylation is 1. The Bertz CT molecular complexity index is 1070. The van der Waals surface area contributed by atoms with Crippen LogP contribution in [0.2, 0.25) is 0 Å². The summed E-state index contributed by atoms with van der Waals surface area (Å²) in [5, 5.41) is 16.7. The van der Waals surface area contributed by atoms with Crippen molar-refractivity contribution in [1.82, 2.24) is 5.16 Å². The number of nitrogens with one attached hydrogen (secondary N) is 1. The number of esters is 1. The molecule has 8 heteroatoms. The van der Waals surface area contributed by atoms with Crippen molar-refractivity contribution in [3.8, 4) is 17.1 Å². The number of hydrogen-bond donors (Lipinski definition) is 2. The first kappa shape index (κ1) is 19.2. The van der Waals surface area contributed by atoms with Crippen LogP contribution in [0.25, 0.3) is 11.3 Å². The van der Waals surface area contributed by atoms with Crippen LogP contribution in [0.4, 0.5) is 5.00 Å². The molecule has 0 radical (unpaired) electrons. The fraction of sp³-hybridized carbons (Fsp3) is 0.286. The molecule has 1 aromatic carbocycles. The molecule has 2 heterocycles. The number of carbonyl (C=O) groups excluding carboxylic acids is 2. The topological polar surface area (TPSA) is 102 Å². The Hall–Kier alpha value is -3.13. The van der Waals surface area contributed by atoms with E-state index >= 15 is 0 Å². The monoisotopic (exact) mass is 412 g/mol. The molecule has 2 aromatic heterocycles. The number of phenolic OH excluding ortho intramolecular Hbond substituents is 1. The van der Waals surface area contributed by atoms with E-state index in [4.69, 9.17) is 9.26 Å². The summed E-state index contributed by atoms with van der Waals surface area (Å²) in [6.07, 6.45) is 3.79. The number of aromatic hydroxyl groups is 1. The molecule has 150 valence electrons. The number of thiophene rings is 1. The lowest BCUT2D eigenvalue weighted by atomic mass is 9.95. The third kappa shape index (κ3) is 3.88. The normalized spacial score (nSPS) is 13.0. The van der Waals surface area contributed by atoms with E-state index in [1.807, 2.05) is 0 Å². The second-order valence-corrected chi connectivity index (χ2v) is 7.82. The quantitative estimate of drug-likeness (QED) is 0.602. The van der Waals surface area contributed by atoms with E-state index in [0.717, 1.165) is 36.1 Å². The summed E-state index contributed by atoms with van der Waals surface area (Å²) < 4.78 is 10.5. The fourth-order valence-electron chi connectivity index (χ4n) is 3.42. The molecule has 4 rings (SSSR count). The molecule has 0 unspecified atom stereocenters. The summed E-state index contributed by atoms with van der Waals surface area (Å²) >= 11 is 1.42.